The molecule has 6 heteroatoms. The van der Waals surface area contributed by atoms with Crippen LogP contribution >= 0.6 is 0 Å². The highest BCUT2D eigenvalue weighted by molar-refractivity contribution is 5.79. The summed E-state index contributed by atoms with van der Waals surface area (Å²) in [6.45, 7) is 6.23. The first-order valence-electron chi connectivity index (χ1n) is 10.3. The lowest BCUT2D eigenvalue weighted by atomic mass is 9.88. The van der Waals surface area contributed by atoms with Crippen LogP contribution in [-0.4, -0.2) is 51.5 Å². The van der Waals surface area contributed by atoms with Gasteiger partial charge in [0, 0.05) is 19.2 Å². The normalized spacial score (nSPS) is 15.9. The van der Waals surface area contributed by atoms with Crippen LogP contribution in [0.4, 0.5) is 0 Å². The summed E-state index contributed by atoms with van der Waals surface area (Å²) in [7, 11) is 1.73. The Balaban J connectivity index is 1.50. The number of hydrogen-bond acceptors (Lipinski definition) is 5. The smallest absolute Gasteiger partial charge is 0.160 e. The number of aryl methyl sites for hydroxylation is 1. The number of benzene rings is 2. The molecule has 1 saturated heterocycles. The maximum absolute atomic E-state index is 10.2. The number of piperidine rings is 1. The Morgan fingerprint density at radius 2 is 1.86 bits per heavy atom. The molecule has 29 heavy (non-hydrogen) atoms. The van der Waals surface area contributed by atoms with Crippen molar-refractivity contribution < 1.29 is 14.9 Å². The molecule has 1 fully saturated rings. The van der Waals surface area contributed by atoms with Crippen LogP contribution in [0.15, 0.2) is 36.4 Å². The van der Waals surface area contributed by atoms with E-state index in [1.165, 1.54) is 11.6 Å². The SMILES string of the molecule is COCCn1c(CN2CCC(c3cccc(O)c3O)CC2)nc2c(C)cccc21. The summed E-state index contributed by atoms with van der Waals surface area (Å²) in [6, 6.07) is 11.6. The number of ether oxygens (including phenoxy) is 1. The molecule has 2 heterocycles. The zero-order valence-electron chi connectivity index (χ0n) is 17.1. The first-order chi connectivity index (χ1) is 14.1. The van der Waals surface area contributed by atoms with Crippen molar-refractivity contribution in [2.45, 2.75) is 38.8 Å². The number of imidazole rings is 1. The second-order valence-corrected chi connectivity index (χ2v) is 7.88. The van der Waals surface area contributed by atoms with Gasteiger partial charge in [-0.15, -0.1) is 0 Å². The maximum atomic E-state index is 10.2. The van der Waals surface area contributed by atoms with Crippen LogP contribution in [0.5, 0.6) is 11.5 Å². The zero-order valence-corrected chi connectivity index (χ0v) is 17.1. The van der Waals surface area contributed by atoms with Gasteiger partial charge >= 0.3 is 0 Å². The first kappa shape index (κ1) is 19.7. The molecule has 0 aliphatic carbocycles. The van der Waals surface area contributed by atoms with E-state index in [1.54, 1.807) is 13.2 Å². The summed E-state index contributed by atoms with van der Waals surface area (Å²) in [6.07, 6.45) is 1.91. The number of rotatable bonds is 6. The van der Waals surface area contributed by atoms with E-state index in [0.717, 1.165) is 61.4 Å². The fraction of sp³-hybridized carbons (Fsp3) is 0.435. The number of aromatic nitrogens is 2. The number of fused-ring (bicyclic) bond motifs is 1. The minimum absolute atomic E-state index is 0.0304. The number of methoxy groups -OCH3 is 1. The van der Waals surface area contributed by atoms with Crippen molar-refractivity contribution in [1.82, 2.24) is 14.5 Å². The van der Waals surface area contributed by atoms with Crippen LogP contribution < -0.4 is 0 Å². The van der Waals surface area contributed by atoms with Crippen molar-refractivity contribution in [3.05, 3.63) is 53.3 Å². The van der Waals surface area contributed by atoms with E-state index in [2.05, 4.69) is 34.6 Å². The van der Waals surface area contributed by atoms with E-state index in [-0.39, 0.29) is 17.4 Å². The lowest BCUT2D eigenvalue weighted by molar-refractivity contribution is 0.178. The molecule has 0 radical (unpaired) electrons. The largest absolute Gasteiger partial charge is 0.504 e. The Morgan fingerprint density at radius 3 is 2.62 bits per heavy atom. The Morgan fingerprint density at radius 1 is 1.10 bits per heavy atom. The van der Waals surface area contributed by atoms with E-state index in [0.29, 0.717) is 6.61 Å². The Labute approximate surface area is 171 Å². The molecule has 0 amide bonds. The molecule has 0 unspecified atom stereocenters. The standard InChI is InChI=1S/C23H29N3O3/c1-16-5-3-7-19-22(16)24-21(26(19)13-14-29-2)15-25-11-9-17(10-12-25)18-6-4-8-20(27)23(18)28/h3-8,17,27-28H,9-15H2,1-2H3. The third kappa shape index (κ3) is 3.95. The molecule has 0 saturated carbocycles. The van der Waals surface area contributed by atoms with Crippen LogP contribution in [0.25, 0.3) is 11.0 Å². The highest BCUT2D eigenvalue weighted by Gasteiger charge is 2.25. The molecule has 4 rings (SSSR count). The molecule has 1 aliphatic rings. The van der Waals surface area contributed by atoms with Crippen molar-refractivity contribution in [1.29, 1.82) is 0 Å². The Kier molecular flexibility index (Phi) is 5.74. The van der Waals surface area contributed by atoms with Gasteiger partial charge in [0.1, 0.15) is 5.82 Å². The minimum Gasteiger partial charge on any atom is -0.504 e. The third-order valence-electron chi connectivity index (χ3n) is 6.02. The lowest BCUT2D eigenvalue weighted by Gasteiger charge is -2.32. The second kappa shape index (κ2) is 8.43. The summed E-state index contributed by atoms with van der Waals surface area (Å²) >= 11 is 0. The van der Waals surface area contributed by atoms with E-state index >= 15 is 0 Å². The summed E-state index contributed by atoms with van der Waals surface area (Å²) in [5.74, 6) is 1.34. The van der Waals surface area contributed by atoms with Gasteiger partial charge in [0.15, 0.2) is 11.5 Å². The average molecular weight is 396 g/mol. The van der Waals surface area contributed by atoms with Crippen LogP contribution in [0.2, 0.25) is 0 Å². The molecule has 0 atom stereocenters. The van der Waals surface area contributed by atoms with Crippen molar-refractivity contribution in [3.63, 3.8) is 0 Å². The van der Waals surface area contributed by atoms with Gasteiger partial charge in [0.2, 0.25) is 0 Å². The number of phenolic OH excluding ortho intramolecular Hbond substituents is 2. The predicted octanol–water partition coefficient (Wildman–Crippen LogP) is 3.78. The molecular weight excluding hydrogens is 366 g/mol. The predicted molar refractivity (Wildman–Crippen MR) is 113 cm³/mol. The molecule has 3 aromatic rings. The minimum atomic E-state index is -0.0350. The molecule has 154 valence electrons. The number of aromatic hydroxyl groups is 2. The Bertz CT molecular complexity index is 990. The molecule has 2 N–H and O–H groups in total. The van der Waals surface area contributed by atoms with E-state index in [1.807, 2.05) is 6.07 Å². The zero-order chi connectivity index (χ0) is 20.4. The summed E-state index contributed by atoms with van der Waals surface area (Å²) in [5.41, 5.74) is 4.28. The van der Waals surface area contributed by atoms with Gasteiger partial charge in [-0.25, -0.2) is 4.98 Å². The number of nitrogens with zero attached hydrogens (tertiary/aromatic N) is 3. The van der Waals surface area contributed by atoms with Gasteiger partial charge in [-0.05, 0) is 56.5 Å². The van der Waals surface area contributed by atoms with E-state index in [9.17, 15) is 10.2 Å². The molecular formula is C23H29N3O3. The number of likely N-dealkylation sites (tertiary alicyclic amines) is 1. The molecule has 2 aromatic carbocycles. The number of phenols is 2. The summed E-state index contributed by atoms with van der Waals surface area (Å²) in [5, 5.41) is 20.0. The molecule has 0 spiro atoms. The van der Waals surface area contributed by atoms with Gasteiger partial charge in [-0.2, -0.15) is 0 Å². The highest BCUT2D eigenvalue weighted by Crippen LogP contribution is 2.38. The van der Waals surface area contributed by atoms with Crippen molar-refractivity contribution in [2.75, 3.05) is 26.8 Å². The average Bonchev–Trinajstić information content (AvgIpc) is 3.08. The molecule has 1 aliphatic heterocycles. The Hall–Kier alpha value is -2.57. The molecule has 1 aromatic heterocycles. The number of hydrogen-bond donors (Lipinski definition) is 2. The maximum Gasteiger partial charge on any atom is 0.160 e. The quantitative estimate of drug-likeness (QED) is 0.622. The van der Waals surface area contributed by atoms with Crippen LogP contribution in [-0.2, 0) is 17.8 Å². The van der Waals surface area contributed by atoms with Gasteiger partial charge in [-0.3, -0.25) is 4.90 Å². The monoisotopic (exact) mass is 395 g/mol. The van der Waals surface area contributed by atoms with Crippen molar-refractivity contribution in [3.8, 4) is 11.5 Å². The van der Waals surface area contributed by atoms with Crippen LogP contribution in [0.3, 0.4) is 0 Å². The molecule has 6 nitrogen and oxygen atoms in total. The fourth-order valence-electron chi connectivity index (χ4n) is 4.37. The van der Waals surface area contributed by atoms with Crippen molar-refractivity contribution >= 4 is 11.0 Å². The summed E-state index contributed by atoms with van der Waals surface area (Å²) < 4.78 is 7.59. The first-order valence-corrected chi connectivity index (χ1v) is 10.3. The topological polar surface area (TPSA) is 70.8 Å². The number of para-hydroxylation sites is 2. The fourth-order valence-corrected chi connectivity index (χ4v) is 4.37. The third-order valence-corrected chi connectivity index (χ3v) is 6.02. The summed E-state index contributed by atoms with van der Waals surface area (Å²) in [4.78, 5) is 7.38. The lowest BCUT2D eigenvalue weighted by Crippen LogP contribution is -2.33. The van der Waals surface area contributed by atoms with Gasteiger partial charge in [0.25, 0.3) is 0 Å². The van der Waals surface area contributed by atoms with E-state index in [4.69, 9.17) is 9.72 Å². The van der Waals surface area contributed by atoms with Gasteiger partial charge in [0.05, 0.1) is 24.2 Å². The van der Waals surface area contributed by atoms with Crippen LogP contribution in [0, 0.1) is 6.92 Å². The van der Waals surface area contributed by atoms with Crippen LogP contribution in [0.1, 0.15) is 35.7 Å². The van der Waals surface area contributed by atoms with Gasteiger partial charge in [-0.1, -0.05) is 24.3 Å². The van der Waals surface area contributed by atoms with Gasteiger partial charge < -0.3 is 19.5 Å². The van der Waals surface area contributed by atoms with E-state index < -0.39 is 0 Å². The second-order valence-electron chi connectivity index (χ2n) is 7.88. The molecule has 0 bridgehead atoms. The highest BCUT2D eigenvalue weighted by atomic mass is 16.5. The van der Waals surface area contributed by atoms with Crippen molar-refractivity contribution in [2.24, 2.45) is 0 Å².